The third-order valence-corrected chi connectivity index (χ3v) is 8.12. The molecular formula is C42H42O9. The van der Waals surface area contributed by atoms with Crippen LogP contribution in [0.1, 0.15) is 38.2 Å². The third-order valence-electron chi connectivity index (χ3n) is 8.12. The van der Waals surface area contributed by atoms with E-state index in [0.29, 0.717) is 16.9 Å². The number of ether oxygens (including phenoxy) is 3. The summed E-state index contributed by atoms with van der Waals surface area (Å²) in [5, 5.41) is 27.9. The Morgan fingerprint density at radius 2 is 0.941 bits per heavy atom. The molecule has 0 heterocycles. The summed E-state index contributed by atoms with van der Waals surface area (Å²) in [5.41, 5.74) is 5.74. The lowest BCUT2D eigenvalue weighted by Crippen LogP contribution is -2.14. The number of rotatable bonds is 17. The van der Waals surface area contributed by atoms with E-state index in [9.17, 15) is 24.6 Å². The van der Waals surface area contributed by atoms with Crippen molar-refractivity contribution in [1.82, 2.24) is 0 Å². The van der Waals surface area contributed by atoms with Crippen molar-refractivity contribution in [3.05, 3.63) is 127 Å². The van der Waals surface area contributed by atoms with Gasteiger partial charge in [-0.05, 0) is 82.6 Å². The largest absolute Gasteiger partial charge is 0.423 e. The van der Waals surface area contributed by atoms with E-state index in [-0.39, 0.29) is 28.2 Å². The molecule has 0 fully saturated rings. The van der Waals surface area contributed by atoms with Gasteiger partial charge in [-0.25, -0.2) is 14.4 Å². The minimum Gasteiger partial charge on any atom is -0.423 e. The van der Waals surface area contributed by atoms with Crippen LogP contribution in [0.25, 0.3) is 33.4 Å². The molecule has 4 rings (SSSR count). The van der Waals surface area contributed by atoms with Crippen LogP contribution >= 0.6 is 0 Å². The fourth-order valence-electron chi connectivity index (χ4n) is 5.14. The molecule has 3 N–H and O–H groups in total. The van der Waals surface area contributed by atoms with Crippen LogP contribution in [0.4, 0.5) is 0 Å². The molecular weight excluding hydrogens is 648 g/mol. The van der Waals surface area contributed by atoms with E-state index in [0.717, 1.165) is 59.9 Å². The zero-order valence-electron chi connectivity index (χ0n) is 28.7. The van der Waals surface area contributed by atoms with Crippen LogP contribution in [0.3, 0.4) is 0 Å². The van der Waals surface area contributed by atoms with E-state index < -0.39 is 37.7 Å². The Morgan fingerprint density at radius 1 is 0.529 bits per heavy atom. The lowest BCUT2D eigenvalue weighted by atomic mass is 9.90. The predicted molar refractivity (Wildman–Crippen MR) is 196 cm³/mol. The summed E-state index contributed by atoms with van der Waals surface area (Å²) < 4.78 is 16.4. The smallest absolute Gasteiger partial charge is 0.341 e. The predicted octanol–water partition coefficient (Wildman–Crippen LogP) is 7.17. The molecule has 0 spiro atoms. The van der Waals surface area contributed by atoms with Gasteiger partial charge in [-0.2, -0.15) is 0 Å². The van der Waals surface area contributed by atoms with Crippen LogP contribution in [0.5, 0.6) is 17.2 Å². The number of aliphatic hydroxyl groups is 3. The number of unbranched alkanes of at least 4 members (excludes halogenated alkanes) is 3. The van der Waals surface area contributed by atoms with Crippen molar-refractivity contribution >= 4 is 17.9 Å². The zero-order chi connectivity index (χ0) is 36.9. The normalized spacial score (nSPS) is 10.7. The average Bonchev–Trinajstić information content (AvgIpc) is 3.16. The van der Waals surface area contributed by atoms with Gasteiger partial charge in [-0.3, -0.25) is 0 Å². The first-order valence-electron chi connectivity index (χ1n) is 16.6. The van der Waals surface area contributed by atoms with Crippen LogP contribution in [0.2, 0.25) is 0 Å². The Hall–Kier alpha value is -5.61. The second-order valence-electron chi connectivity index (χ2n) is 11.9. The second-order valence-corrected chi connectivity index (χ2v) is 11.9. The van der Waals surface area contributed by atoms with Crippen LogP contribution < -0.4 is 14.2 Å². The molecule has 0 aliphatic rings. The van der Waals surface area contributed by atoms with Crippen LogP contribution in [0.15, 0.2) is 121 Å². The first-order chi connectivity index (χ1) is 24.6. The van der Waals surface area contributed by atoms with Gasteiger partial charge in [0, 0.05) is 5.56 Å². The molecule has 0 bridgehead atoms. The SMILES string of the molecule is C=C(CO)C(=O)Oc1ccc(-c2ccc(-c3cc(OC(=O)C(=C)CO)c(-c4ccc(OC(=O)C(=C)CO)cc4)cc3CCCCCC)cc2)cc1. The Kier molecular flexibility index (Phi) is 13.8. The Morgan fingerprint density at radius 3 is 1.41 bits per heavy atom. The number of esters is 3. The average molecular weight is 691 g/mol. The second kappa shape index (κ2) is 18.4. The highest BCUT2D eigenvalue weighted by molar-refractivity contribution is 5.92. The zero-order valence-corrected chi connectivity index (χ0v) is 28.7. The van der Waals surface area contributed by atoms with E-state index in [1.165, 1.54) is 0 Å². The maximum absolute atomic E-state index is 12.9. The van der Waals surface area contributed by atoms with Crippen LogP contribution in [-0.4, -0.2) is 53.0 Å². The molecule has 4 aromatic carbocycles. The fourth-order valence-corrected chi connectivity index (χ4v) is 5.14. The standard InChI is InChI=1S/C42H42O9/c1-5-6-7-8-9-34-22-38(33-16-20-36(21-17-33)50-41(47)28(3)25-44)39(51-42(48)29(4)26-45)23-37(34)32-12-10-30(11-13-32)31-14-18-35(19-15-31)49-40(46)27(2)24-43/h10-23,43-45H,2-9,24-26H2,1H3. The number of hydrogen-bond donors (Lipinski definition) is 3. The van der Waals surface area contributed by atoms with Crippen molar-refractivity contribution in [1.29, 1.82) is 0 Å². The summed E-state index contributed by atoms with van der Waals surface area (Å²) in [7, 11) is 0. The molecule has 264 valence electrons. The molecule has 0 saturated carbocycles. The number of aryl methyl sites for hydroxylation is 1. The van der Waals surface area contributed by atoms with Gasteiger partial charge in [0.2, 0.25) is 0 Å². The molecule has 0 unspecified atom stereocenters. The Bertz CT molecular complexity index is 1890. The molecule has 0 radical (unpaired) electrons. The summed E-state index contributed by atoms with van der Waals surface area (Å²) in [4.78, 5) is 37.0. The number of aliphatic hydroxyl groups excluding tert-OH is 3. The van der Waals surface area contributed by atoms with Gasteiger partial charge in [-0.15, -0.1) is 0 Å². The number of carbonyl (C=O) groups excluding carboxylic acids is 3. The molecule has 0 aliphatic carbocycles. The molecule has 9 heteroatoms. The van der Waals surface area contributed by atoms with E-state index in [4.69, 9.17) is 19.3 Å². The van der Waals surface area contributed by atoms with Gasteiger partial charge in [0.15, 0.2) is 0 Å². The molecule has 0 aromatic heterocycles. The van der Waals surface area contributed by atoms with Gasteiger partial charge in [0.25, 0.3) is 0 Å². The Balaban J connectivity index is 1.72. The monoisotopic (exact) mass is 690 g/mol. The maximum Gasteiger partial charge on any atom is 0.341 e. The lowest BCUT2D eigenvalue weighted by Gasteiger charge is -2.18. The fraction of sp³-hybridized carbons (Fsp3) is 0.214. The van der Waals surface area contributed by atoms with Crippen molar-refractivity contribution in [2.75, 3.05) is 19.8 Å². The Labute approximate surface area is 297 Å². The van der Waals surface area contributed by atoms with Crippen molar-refractivity contribution in [2.45, 2.75) is 39.0 Å². The summed E-state index contributed by atoms with van der Waals surface area (Å²) in [6.07, 6.45) is 4.96. The van der Waals surface area contributed by atoms with Crippen molar-refractivity contribution in [2.24, 2.45) is 0 Å². The lowest BCUT2D eigenvalue weighted by molar-refractivity contribution is -0.131. The van der Waals surface area contributed by atoms with Crippen LogP contribution in [0, 0.1) is 0 Å². The summed E-state index contributed by atoms with van der Waals surface area (Å²) in [5.74, 6) is -1.35. The highest BCUT2D eigenvalue weighted by Gasteiger charge is 2.19. The molecule has 51 heavy (non-hydrogen) atoms. The molecule has 4 aromatic rings. The van der Waals surface area contributed by atoms with Gasteiger partial charge in [0.05, 0.1) is 36.5 Å². The van der Waals surface area contributed by atoms with E-state index in [2.05, 4.69) is 26.7 Å². The van der Waals surface area contributed by atoms with E-state index in [1.54, 1.807) is 36.4 Å². The minimum atomic E-state index is -0.765. The molecule has 9 nitrogen and oxygen atoms in total. The summed E-state index contributed by atoms with van der Waals surface area (Å²) in [6, 6.07) is 25.4. The van der Waals surface area contributed by atoms with E-state index >= 15 is 0 Å². The number of benzene rings is 4. The topological polar surface area (TPSA) is 140 Å². The van der Waals surface area contributed by atoms with Gasteiger partial charge < -0.3 is 29.5 Å². The van der Waals surface area contributed by atoms with Crippen molar-refractivity contribution < 1.29 is 43.9 Å². The number of carbonyl (C=O) groups is 3. The van der Waals surface area contributed by atoms with Crippen LogP contribution in [-0.2, 0) is 20.8 Å². The van der Waals surface area contributed by atoms with E-state index in [1.807, 2.05) is 48.5 Å². The first kappa shape index (κ1) is 38.2. The first-order valence-corrected chi connectivity index (χ1v) is 16.6. The third kappa shape index (κ3) is 10.2. The van der Waals surface area contributed by atoms with Gasteiger partial charge in [0.1, 0.15) is 17.2 Å². The molecule has 0 saturated heterocycles. The minimum absolute atomic E-state index is 0.0360. The molecule has 0 aliphatic heterocycles. The van der Waals surface area contributed by atoms with Gasteiger partial charge >= 0.3 is 17.9 Å². The maximum atomic E-state index is 12.9. The molecule has 0 amide bonds. The summed E-state index contributed by atoms with van der Waals surface area (Å²) >= 11 is 0. The quantitative estimate of drug-likeness (QED) is 0.0455. The van der Waals surface area contributed by atoms with Gasteiger partial charge in [-0.1, -0.05) is 94.5 Å². The van der Waals surface area contributed by atoms with Crippen molar-refractivity contribution in [3.8, 4) is 50.6 Å². The van der Waals surface area contributed by atoms with Crippen molar-refractivity contribution in [3.63, 3.8) is 0 Å². The number of hydrogen-bond acceptors (Lipinski definition) is 9. The highest BCUT2D eigenvalue weighted by atomic mass is 16.5. The molecule has 0 atom stereocenters. The highest BCUT2D eigenvalue weighted by Crippen LogP contribution is 2.39. The summed E-state index contributed by atoms with van der Waals surface area (Å²) in [6.45, 7) is 11.2.